The Morgan fingerprint density at radius 2 is 1.61 bits per heavy atom. The molecule has 0 spiro atoms. The van der Waals surface area contributed by atoms with Gasteiger partial charge in [0.05, 0.1) is 0 Å². The molecular weight excluding hydrogens is 303 g/mol. The normalized spacial score (nSPS) is 10.7. The van der Waals surface area contributed by atoms with Gasteiger partial charge >= 0.3 is 6.36 Å². The minimum Gasteiger partial charge on any atom is -0.406 e. The van der Waals surface area contributed by atoms with E-state index in [-0.39, 0.29) is 5.75 Å². The van der Waals surface area contributed by atoms with Gasteiger partial charge in [-0.1, -0.05) is 50.5 Å². The lowest BCUT2D eigenvalue weighted by Crippen LogP contribution is -2.16. The maximum atomic E-state index is 11.6. The number of hydrogen-bond donors (Lipinski definition) is 1. The Kier molecular flexibility index (Phi) is 13.0. The maximum absolute atomic E-state index is 11.6. The molecule has 0 aliphatic carbocycles. The van der Waals surface area contributed by atoms with E-state index in [0.717, 1.165) is 12.0 Å². The van der Waals surface area contributed by atoms with E-state index in [1.54, 1.807) is 26.0 Å². The van der Waals surface area contributed by atoms with Crippen molar-refractivity contribution in [3.63, 3.8) is 0 Å². The van der Waals surface area contributed by atoms with Crippen LogP contribution in [-0.2, 0) is 0 Å². The highest BCUT2D eigenvalue weighted by Gasteiger charge is 2.30. The highest BCUT2D eigenvalue weighted by atomic mass is 19.4. The molecule has 0 unspecified atom stereocenters. The average molecular weight is 331 g/mol. The summed E-state index contributed by atoms with van der Waals surface area (Å²) in [6, 6.07) is 5.67. The number of rotatable bonds is 4. The zero-order chi connectivity index (χ0) is 18.5. The lowest BCUT2D eigenvalue weighted by molar-refractivity contribution is -0.274. The summed E-state index contributed by atoms with van der Waals surface area (Å²) < 4.78 is 38.5. The molecule has 2 nitrogen and oxygen atoms in total. The van der Waals surface area contributed by atoms with Crippen molar-refractivity contribution in [2.75, 3.05) is 0 Å². The largest absolute Gasteiger partial charge is 0.573 e. The van der Waals surface area contributed by atoms with Crippen LogP contribution in [0.3, 0.4) is 0 Å². The van der Waals surface area contributed by atoms with E-state index in [0.29, 0.717) is 5.71 Å². The molecule has 23 heavy (non-hydrogen) atoms. The number of aryl methyl sites for hydroxylation is 1. The van der Waals surface area contributed by atoms with Crippen LogP contribution in [0.25, 0.3) is 0 Å². The molecule has 0 aromatic heterocycles. The zero-order valence-electron chi connectivity index (χ0n) is 14.8. The predicted octanol–water partition coefficient (Wildman–Crippen LogP) is 6.69. The van der Waals surface area contributed by atoms with Gasteiger partial charge in [-0.25, -0.2) is 0 Å². The second-order valence-electron chi connectivity index (χ2n) is 4.78. The lowest BCUT2D eigenvalue weighted by Gasteiger charge is -2.08. The van der Waals surface area contributed by atoms with E-state index in [1.807, 2.05) is 19.9 Å². The zero-order valence-corrected chi connectivity index (χ0v) is 14.8. The summed E-state index contributed by atoms with van der Waals surface area (Å²) in [6.45, 7) is 11.8. The molecule has 132 valence electrons. The van der Waals surface area contributed by atoms with Crippen LogP contribution in [-0.4, -0.2) is 12.1 Å². The minimum absolute atomic E-state index is 0.187. The Morgan fingerprint density at radius 1 is 1.13 bits per heavy atom. The van der Waals surface area contributed by atoms with Crippen LogP contribution in [0, 0.1) is 12.3 Å². The summed E-state index contributed by atoms with van der Waals surface area (Å²) in [4.78, 5) is 0. The number of alkyl halides is 3. The van der Waals surface area contributed by atoms with Crippen molar-refractivity contribution in [3.05, 3.63) is 41.5 Å². The van der Waals surface area contributed by atoms with Crippen LogP contribution >= 0.6 is 0 Å². The van der Waals surface area contributed by atoms with E-state index in [2.05, 4.69) is 18.6 Å². The Hall–Kier alpha value is -1.78. The summed E-state index contributed by atoms with van der Waals surface area (Å²) >= 11 is 0. The van der Waals surface area contributed by atoms with Gasteiger partial charge in [-0.3, -0.25) is 0 Å². The smallest absolute Gasteiger partial charge is 0.406 e. The topological polar surface area (TPSA) is 33.1 Å². The van der Waals surface area contributed by atoms with Crippen LogP contribution in [0.1, 0.15) is 53.0 Å². The van der Waals surface area contributed by atoms with Crippen molar-refractivity contribution in [2.45, 2.75) is 60.7 Å². The van der Waals surface area contributed by atoms with Crippen molar-refractivity contribution in [3.8, 4) is 5.75 Å². The number of hydrogen-bond acceptors (Lipinski definition) is 2. The molecule has 0 fully saturated rings. The van der Waals surface area contributed by atoms with Gasteiger partial charge in [0.25, 0.3) is 0 Å². The van der Waals surface area contributed by atoms with E-state index in [1.165, 1.54) is 24.1 Å². The van der Waals surface area contributed by atoms with Gasteiger partial charge in [0.15, 0.2) is 0 Å². The summed E-state index contributed by atoms with van der Waals surface area (Å²) in [5, 5.41) is 7.13. The maximum Gasteiger partial charge on any atom is 0.573 e. The SMILES string of the molecule is CC.CCC/C(C)=C\C(C)=N.Cc1ccc(OC(F)(F)F)cc1. The van der Waals surface area contributed by atoms with Crippen molar-refractivity contribution in [1.29, 1.82) is 5.41 Å². The quantitative estimate of drug-likeness (QED) is 0.612. The second-order valence-corrected chi connectivity index (χ2v) is 4.78. The molecule has 5 heteroatoms. The number of ether oxygens (including phenoxy) is 1. The fourth-order valence-electron chi connectivity index (χ4n) is 1.58. The summed E-state index contributed by atoms with van der Waals surface area (Å²) in [5.74, 6) is -0.187. The Labute approximate surface area is 137 Å². The molecule has 1 aromatic carbocycles. The molecule has 1 aromatic rings. The highest BCUT2D eigenvalue weighted by Crippen LogP contribution is 2.22. The first-order valence-electron chi connectivity index (χ1n) is 7.68. The first-order chi connectivity index (χ1) is 10.6. The average Bonchev–Trinajstić information content (AvgIpc) is 2.42. The van der Waals surface area contributed by atoms with Crippen LogP contribution in [0.4, 0.5) is 13.2 Å². The minimum atomic E-state index is -4.60. The molecule has 1 N–H and O–H groups in total. The Bertz CT molecular complexity index is 462. The number of allylic oxidation sites excluding steroid dienone is 2. The third-order valence-corrected chi connectivity index (χ3v) is 2.36. The highest BCUT2D eigenvalue weighted by molar-refractivity contribution is 5.90. The summed E-state index contributed by atoms with van der Waals surface area (Å²) in [6.07, 6.45) is -0.384. The van der Waals surface area contributed by atoms with Gasteiger partial charge in [0, 0.05) is 5.71 Å². The third kappa shape index (κ3) is 16.4. The van der Waals surface area contributed by atoms with Crippen molar-refractivity contribution < 1.29 is 17.9 Å². The molecule has 0 atom stereocenters. The van der Waals surface area contributed by atoms with Crippen molar-refractivity contribution >= 4 is 5.71 Å². The molecule has 0 amide bonds. The standard InChI is InChI=1S/C8H7F3O.C8H15N.C2H6/c1-6-2-4-7(5-3-6)12-8(9,10)11;1-4-5-7(2)6-8(3)9;1-2/h2-5H,1H3;6,9H,4-5H2,1-3H3;1-2H3/b;7-6-,9-8?;. The first-order valence-corrected chi connectivity index (χ1v) is 7.68. The van der Waals surface area contributed by atoms with Crippen molar-refractivity contribution in [1.82, 2.24) is 0 Å². The van der Waals surface area contributed by atoms with Gasteiger partial charge < -0.3 is 10.1 Å². The Morgan fingerprint density at radius 3 is 1.96 bits per heavy atom. The summed E-state index contributed by atoms with van der Waals surface area (Å²) in [7, 11) is 0. The first kappa shape index (κ1) is 23.5. The fourth-order valence-corrected chi connectivity index (χ4v) is 1.58. The summed E-state index contributed by atoms with van der Waals surface area (Å²) in [5.41, 5.74) is 2.86. The molecule has 0 bridgehead atoms. The van der Waals surface area contributed by atoms with Crippen molar-refractivity contribution in [2.24, 2.45) is 0 Å². The second kappa shape index (κ2) is 12.7. The van der Waals surface area contributed by atoms with E-state index in [9.17, 15) is 13.2 Å². The van der Waals surface area contributed by atoms with Gasteiger partial charge in [-0.05, 0) is 45.4 Å². The van der Waals surface area contributed by atoms with Gasteiger partial charge in [0.2, 0.25) is 0 Å². The molecule has 1 rings (SSSR count). The molecule has 0 aliphatic rings. The fraction of sp³-hybridized carbons (Fsp3) is 0.500. The van der Waals surface area contributed by atoms with Crippen LogP contribution < -0.4 is 4.74 Å². The molecule has 0 aliphatic heterocycles. The molecule has 0 saturated carbocycles. The lowest BCUT2D eigenvalue weighted by atomic mass is 10.1. The number of nitrogens with one attached hydrogen (secondary N) is 1. The third-order valence-electron chi connectivity index (χ3n) is 2.36. The monoisotopic (exact) mass is 331 g/mol. The van der Waals surface area contributed by atoms with Gasteiger partial charge in [-0.2, -0.15) is 0 Å². The van der Waals surface area contributed by atoms with E-state index in [4.69, 9.17) is 5.41 Å². The molecular formula is C18H28F3NO. The van der Waals surface area contributed by atoms with E-state index >= 15 is 0 Å². The van der Waals surface area contributed by atoms with E-state index < -0.39 is 6.36 Å². The predicted molar refractivity (Wildman–Crippen MR) is 91.3 cm³/mol. The molecule has 0 saturated heterocycles. The van der Waals surface area contributed by atoms with Crippen LogP contribution in [0.15, 0.2) is 35.9 Å². The van der Waals surface area contributed by atoms with Gasteiger partial charge in [0.1, 0.15) is 5.75 Å². The van der Waals surface area contributed by atoms with Crippen LogP contribution in [0.2, 0.25) is 0 Å². The van der Waals surface area contributed by atoms with Crippen LogP contribution in [0.5, 0.6) is 5.75 Å². The van der Waals surface area contributed by atoms with Gasteiger partial charge in [-0.15, -0.1) is 13.2 Å². The molecule has 0 heterocycles. The Balaban J connectivity index is 0. The number of benzene rings is 1. The number of halogens is 3. The molecule has 0 radical (unpaired) electrons.